The van der Waals surface area contributed by atoms with Crippen LogP contribution in [0.15, 0.2) is 29.4 Å². The summed E-state index contributed by atoms with van der Waals surface area (Å²) in [4.78, 5) is 0. The largest absolute Gasteiger partial charge is 0.494 e. The molecule has 9 heteroatoms. The van der Waals surface area contributed by atoms with Crippen LogP contribution in [0.25, 0.3) is 0 Å². The molecular formula is C13H18F3NO4S. The Morgan fingerprint density at radius 2 is 1.77 bits per heavy atom. The minimum Gasteiger partial charge on any atom is -0.494 e. The predicted molar refractivity (Wildman–Crippen MR) is 79.3 cm³/mol. The van der Waals surface area contributed by atoms with E-state index in [1.807, 2.05) is 0 Å². The Morgan fingerprint density at radius 1 is 1.18 bits per heavy atom. The zero-order chi connectivity index (χ0) is 16.8. The Labute approximate surface area is 128 Å². The number of halogens is 3. The second-order valence-corrected chi connectivity index (χ2v) is 6.05. The van der Waals surface area contributed by atoms with Gasteiger partial charge in [0.05, 0.1) is 12.4 Å². The number of ether oxygens (including phenoxy) is 1. The Hall–Kier alpha value is -1.45. The van der Waals surface area contributed by atoms with Gasteiger partial charge in [-0.05, 0) is 37.6 Å². The number of benzene rings is 1. The summed E-state index contributed by atoms with van der Waals surface area (Å²) >= 11 is 0. The van der Waals surface area contributed by atoms with Crippen LogP contribution < -0.4 is 4.74 Å². The van der Waals surface area contributed by atoms with E-state index >= 15 is 0 Å². The smallest absolute Gasteiger partial charge is 0.437 e. The van der Waals surface area contributed by atoms with Gasteiger partial charge in [-0.15, -0.1) is 0 Å². The van der Waals surface area contributed by atoms with Crippen molar-refractivity contribution >= 4 is 16.6 Å². The van der Waals surface area contributed by atoms with Crippen molar-refractivity contribution in [2.45, 2.75) is 26.4 Å². The van der Waals surface area contributed by atoms with Crippen LogP contribution >= 0.6 is 10.9 Å². The molecule has 0 saturated heterocycles. The molecule has 126 valence electrons. The molecule has 0 atom stereocenters. The van der Waals surface area contributed by atoms with E-state index in [0.29, 0.717) is 18.8 Å². The van der Waals surface area contributed by atoms with E-state index in [0.717, 1.165) is 0 Å². The van der Waals surface area contributed by atoms with Crippen LogP contribution in [0.2, 0.25) is 0 Å². The summed E-state index contributed by atoms with van der Waals surface area (Å²) in [6.45, 7) is 3.78. The van der Waals surface area contributed by atoms with Gasteiger partial charge in [-0.1, -0.05) is 12.1 Å². The zero-order valence-electron chi connectivity index (χ0n) is 12.1. The molecule has 0 spiro atoms. The average Bonchev–Trinajstić information content (AvgIpc) is 2.39. The highest BCUT2D eigenvalue weighted by Gasteiger charge is 2.38. The first-order valence-electron chi connectivity index (χ1n) is 6.52. The summed E-state index contributed by atoms with van der Waals surface area (Å²) in [5.41, 5.74) is -1.60. The third-order valence-corrected chi connectivity index (χ3v) is 3.68. The SMILES string of the molecule is CCCS(O)(O)ON=C(c1ccc(OCC)cc1)C(F)(F)F. The molecule has 1 aromatic carbocycles. The van der Waals surface area contributed by atoms with Gasteiger partial charge in [0, 0.05) is 5.56 Å². The molecule has 2 N–H and O–H groups in total. The van der Waals surface area contributed by atoms with Gasteiger partial charge in [-0.25, -0.2) is 0 Å². The minimum atomic E-state index is -4.80. The van der Waals surface area contributed by atoms with E-state index in [4.69, 9.17) is 4.74 Å². The van der Waals surface area contributed by atoms with Crippen LogP contribution in [-0.2, 0) is 4.28 Å². The Balaban J connectivity index is 3.03. The fourth-order valence-corrected chi connectivity index (χ4v) is 2.34. The average molecular weight is 341 g/mol. The third kappa shape index (κ3) is 5.74. The fourth-order valence-electron chi connectivity index (χ4n) is 1.54. The molecule has 0 fully saturated rings. The van der Waals surface area contributed by atoms with Crippen molar-refractivity contribution in [1.82, 2.24) is 0 Å². The molecule has 0 unspecified atom stereocenters. The van der Waals surface area contributed by atoms with E-state index in [2.05, 4.69) is 9.44 Å². The highest BCUT2D eigenvalue weighted by Crippen LogP contribution is 2.41. The summed E-state index contributed by atoms with van der Waals surface area (Å²) in [5.74, 6) is 0.231. The van der Waals surface area contributed by atoms with Gasteiger partial charge in [0.1, 0.15) is 5.75 Å². The normalized spacial score (nSPS) is 13.9. The van der Waals surface area contributed by atoms with Crippen LogP contribution in [0, 0.1) is 0 Å². The predicted octanol–water partition coefficient (Wildman–Crippen LogP) is 4.44. The zero-order valence-corrected chi connectivity index (χ0v) is 12.9. The van der Waals surface area contributed by atoms with Crippen molar-refractivity contribution in [1.29, 1.82) is 0 Å². The molecule has 1 aromatic rings. The van der Waals surface area contributed by atoms with E-state index in [1.165, 1.54) is 24.3 Å². The van der Waals surface area contributed by atoms with Crippen molar-refractivity contribution in [3.05, 3.63) is 29.8 Å². The number of hydrogen-bond acceptors (Lipinski definition) is 5. The molecule has 22 heavy (non-hydrogen) atoms. The second-order valence-electron chi connectivity index (χ2n) is 4.28. The van der Waals surface area contributed by atoms with Gasteiger partial charge in [0.2, 0.25) is 0 Å². The molecule has 0 aliphatic heterocycles. The standard InChI is InChI=1S/C13H18F3NO4S/c1-3-9-22(18,19)21-17-12(13(14,15)16)10-5-7-11(8-6-10)20-4-2/h5-8,18-19H,3-4,9H2,1-2H3. The van der Waals surface area contributed by atoms with Gasteiger partial charge in [-0.2, -0.15) is 13.2 Å². The lowest BCUT2D eigenvalue weighted by molar-refractivity contribution is -0.0597. The lowest BCUT2D eigenvalue weighted by Crippen LogP contribution is -2.24. The van der Waals surface area contributed by atoms with Gasteiger partial charge in [0.15, 0.2) is 16.6 Å². The van der Waals surface area contributed by atoms with Crippen LogP contribution in [0.4, 0.5) is 13.2 Å². The molecule has 0 amide bonds. The van der Waals surface area contributed by atoms with E-state index in [-0.39, 0.29) is 11.3 Å². The molecule has 0 saturated carbocycles. The molecule has 0 bridgehead atoms. The summed E-state index contributed by atoms with van der Waals surface area (Å²) in [7, 11) is -3.62. The molecule has 0 aliphatic rings. The van der Waals surface area contributed by atoms with Crippen molar-refractivity contribution in [3.63, 3.8) is 0 Å². The van der Waals surface area contributed by atoms with Gasteiger partial charge in [-0.3, -0.25) is 13.4 Å². The summed E-state index contributed by atoms with van der Waals surface area (Å²) < 4.78 is 67.3. The maximum absolute atomic E-state index is 13.0. The Morgan fingerprint density at radius 3 is 2.23 bits per heavy atom. The topological polar surface area (TPSA) is 71.3 Å². The van der Waals surface area contributed by atoms with Gasteiger partial charge in [0.25, 0.3) is 0 Å². The van der Waals surface area contributed by atoms with Crippen LogP contribution in [0.1, 0.15) is 25.8 Å². The number of hydrogen-bond donors (Lipinski definition) is 2. The number of alkyl halides is 3. The summed E-state index contributed by atoms with van der Waals surface area (Å²) in [6, 6.07) is 5.08. The molecule has 5 nitrogen and oxygen atoms in total. The van der Waals surface area contributed by atoms with Crippen molar-refractivity contribution in [3.8, 4) is 5.75 Å². The van der Waals surface area contributed by atoms with Crippen molar-refractivity contribution in [2.75, 3.05) is 12.4 Å². The first kappa shape index (κ1) is 18.6. The first-order chi connectivity index (χ1) is 10.2. The molecular weight excluding hydrogens is 323 g/mol. The molecule has 0 aliphatic carbocycles. The highest BCUT2D eigenvalue weighted by molar-refractivity contribution is 8.20. The number of nitrogens with zero attached hydrogens (tertiary/aromatic N) is 1. The summed E-state index contributed by atoms with van der Waals surface area (Å²) in [5, 5.41) is 2.92. The third-order valence-electron chi connectivity index (χ3n) is 2.43. The van der Waals surface area contributed by atoms with Crippen molar-refractivity contribution in [2.24, 2.45) is 5.16 Å². The molecule has 0 radical (unpaired) electrons. The first-order valence-corrected chi connectivity index (χ1v) is 8.16. The van der Waals surface area contributed by atoms with Crippen LogP contribution in [-0.4, -0.2) is 33.4 Å². The highest BCUT2D eigenvalue weighted by atomic mass is 32.3. The van der Waals surface area contributed by atoms with Gasteiger partial charge < -0.3 is 4.74 Å². The van der Waals surface area contributed by atoms with E-state index < -0.39 is 22.8 Å². The second kappa shape index (κ2) is 7.70. The van der Waals surface area contributed by atoms with Crippen LogP contribution in [0.3, 0.4) is 0 Å². The summed E-state index contributed by atoms with van der Waals surface area (Å²) in [6.07, 6.45) is -4.46. The molecule has 1 rings (SSSR count). The monoisotopic (exact) mass is 341 g/mol. The number of oxime groups is 1. The fraction of sp³-hybridized carbons (Fsp3) is 0.462. The lowest BCUT2D eigenvalue weighted by atomic mass is 10.1. The van der Waals surface area contributed by atoms with Crippen LogP contribution in [0.5, 0.6) is 5.75 Å². The van der Waals surface area contributed by atoms with Crippen molar-refractivity contribution < 1.29 is 31.3 Å². The lowest BCUT2D eigenvalue weighted by Gasteiger charge is -2.23. The quantitative estimate of drug-likeness (QED) is 0.568. The van der Waals surface area contributed by atoms with E-state index in [9.17, 15) is 22.3 Å². The Kier molecular flexibility index (Phi) is 6.51. The number of rotatable bonds is 7. The molecule has 0 heterocycles. The minimum absolute atomic E-state index is 0.190. The maximum atomic E-state index is 13.0. The molecule has 0 aromatic heterocycles. The van der Waals surface area contributed by atoms with E-state index in [1.54, 1.807) is 13.8 Å². The van der Waals surface area contributed by atoms with Gasteiger partial charge >= 0.3 is 6.18 Å². The Bertz CT molecular complexity index is 503. The maximum Gasteiger partial charge on any atom is 0.437 e.